The van der Waals surface area contributed by atoms with Gasteiger partial charge in [0.1, 0.15) is 11.9 Å². The molecule has 0 saturated heterocycles. The van der Waals surface area contributed by atoms with E-state index in [0.29, 0.717) is 36.9 Å². The third-order valence-corrected chi connectivity index (χ3v) is 5.72. The molecule has 14 heteroatoms. The van der Waals surface area contributed by atoms with Crippen molar-refractivity contribution in [2.75, 3.05) is 46.7 Å². The van der Waals surface area contributed by atoms with Crippen LogP contribution in [0.25, 0.3) is 0 Å². The highest BCUT2D eigenvalue weighted by molar-refractivity contribution is 7.85. The van der Waals surface area contributed by atoms with E-state index in [2.05, 4.69) is 4.18 Å². The van der Waals surface area contributed by atoms with Crippen molar-refractivity contribution in [2.45, 2.75) is 12.6 Å². The van der Waals surface area contributed by atoms with Crippen molar-refractivity contribution in [3.8, 4) is 17.2 Å². The van der Waals surface area contributed by atoms with Crippen molar-refractivity contribution >= 4 is 20.5 Å². The molecular weight excluding hydrogens is 456 g/mol. The molecule has 1 aromatic rings. The fourth-order valence-corrected chi connectivity index (χ4v) is 4.37. The Morgan fingerprint density at radius 2 is 1.55 bits per heavy atom. The van der Waals surface area contributed by atoms with Gasteiger partial charge in [0.25, 0.3) is 10.1 Å². The van der Waals surface area contributed by atoms with Gasteiger partial charge in [-0.3, -0.25) is 9.11 Å². The van der Waals surface area contributed by atoms with Crippen molar-refractivity contribution in [1.29, 1.82) is 0 Å². The summed E-state index contributed by atoms with van der Waals surface area (Å²) in [5.74, 6) is 0.559. The smallest absolute Gasteiger partial charge is 0.397 e. The predicted molar refractivity (Wildman–Crippen MR) is 110 cm³/mol. The number of benzene rings is 1. The second kappa shape index (κ2) is 10.4. The molecule has 0 bridgehead atoms. The summed E-state index contributed by atoms with van der Waals surface area (Å²) in [6.07, 6.45) is 1.88. The summed E-state index contributed by atoms with van der Waals surface area (Å²) in [5, 5.41) is 0. The maximum Gasteiger partial charge on any atom is 0.397 e. The molecule has 0 fully saturated rings. The molecule has 1 aliphatic rings. The average molecular weight is 483 g/mol. The largest absolute Gasteiger partial charge is 0.493 e. The minimum atomic E-state index is -4.89. The Morgan fingerprint density at radius 3 is 2.03 bits per heavy atom. The Morgan fingerprint density at radius 1 is 0.935 bits per heavy atom. The zero-order valence-electron chi connectivity index (χ0n) is 17.3. The lowest BCUT2D eigenvalue weighted by Gasteiger charge is -2.33. The van der Waals surface area contributed by atoms with Crippen LogP contribution in [0, 0.1) is 0 Å². The Balaban J connectivity index is 2.09. The van der Waals surface area contributed by atoms with Crippen LogP contribution in [0.3, 0.4) is 0 Å². The van der Waals surface area contributed by atoms with Crippen molar-refractivity contribution in [2.24, 2.45) is 0 Å². The van der Waals surface area contributed by atoms with Crippen LogP contribution in [-0.4, -0.2) is 88.6 Å². The van der Waals surface area contributed by atoms with Crippen molar-refractivity contribution in [3.63, 3.8) is 0 Å². The van der Waals surface area contributed by atoms with E-state index in [0.717, 1.165) is 5.56 Å². The standard InChI is InChI=1S/C17H26N2O10S2/c1-26-15-5-4-13(16(27-2)17(15)28-3)10-18-6-8-19(9-7-18)11-14(12-30(20,21)22)29-31(23,24)25/h4-6,8,14H,7,9-12H2,1-3H3,(H,20,21,22)(H,23,24,25). The van der Waals surface area contributed by atoms with Gasteiger partial charge in [0.15, 0.2) is 11.5 Å². The van der Waals surface area contributed by atoms with Crippen molar-refractivity contribution < 1.29 is 44.3 Å². The number of hydrogen-bond donors (Lipinski definition) is 2. The van der Waals surface area contributed by atoms with E-state index in [9.17, 15) is 16.8 Å². The summed E-state index contributed by atoms with van der Waals surface area (Å²) in [4.78, 5) is 3.57. The highest BCUT2D eigenvalue weighted by atomic mass is 32.3. The predicted octanol–water partition coefficient (Wildman–Crippen LogP) is 0.377. The van der Waals surface area contributed by atoms with E-state index in [1.165, 1.54) is 21.3 Å². The van der Waals surface area contributed by atoms with E-state index in [1.807, 2.05) is 11.0 Å². The molecule has 1 atom stereocenters. The Labute approximate surface area is 181 Å². The van der Waals surface area contributed by atoms with Gasteiger partial charge in [-0.25, -0.2) is 4.18 Å². The molecule has 0 amide bonds. The van der Waals surface area contributed by atoms with E-state index < -0.39 is 32.4 Å². The molecule has 0 aliphatic carbocycles. The monoisotopic (exact) mass is 482 g/mol. The van der Waals surface area contributed by atoms with Crippen molar-refractivity contribution in [3.05, 3.63) is 30.1 Å². The van der Waals surface area contributed by atoms with E-state index >= 15 is 0 Å². The summed E-state index contributed by atoms with van der Waals surface area (Å²) in [6, 6.07) is 3.62. The molecule has 2 rings (SSSR count). The summed E-state index contributed by atoms with van der Waals surface area (Å²) >= 11 is 0. The van der Waals surface area contributed by atoms with Gasteiger partial charge in [0, 0.05) is 44.1 Å². The maximum atomic E-state index is 11.1. The normalized spacial score (nSPS) is 15.6. The van der Waals surface area contributed by atoms with Gasteiger partial charge in [-0.2, -0.15) is 16.8 Å². The maximum absolute atomic E-state index is 11.1. The van der Waals surface area contributed by atoms with Gasteiger partial charge in [0.2, 0.25) is 5.75 Å². The molecule has 0 aromatic heterocycles. The number of nitrogens with zero attached hydrogens (tertiary/aromatic N) is 2. The minimum Gasteiger partial charge on any atom is -0.493 e. The van der Waals surface area contributed by atoms with Crippen LogP contribution in [0.2, 0.25) is 0 Å². The average Bonchev–Trinajstić information content (AvgIpc) is 2.66. The van der Waals surface area contributed by atoms with E-state index in [1.54, 1.807) is 23.4 Å². The zero-order valence-corrected chi connectivity index (χ0v) is 18.9. The number of ether oxygens (including phenoxy) is 3. The zero-order chi connectivity index (χ0) is 23.2. The topological polar surface area (TPSA) is 152 Å². The molecule has 1 unspecified atom stereocenters. The van der Waals surface area contributed by atoms with Crippen LogP contribution in [0.4, 0.5) is 0 Å². The summed E-state index contributed by atoms with van der Waals surface area (Å²) < 4.78 is 82.5. The Kier molecular flexibility index (Phi) is 8.36. The van der Waals surface area contributed by atoms with Gasteiger partial charge in [0.05, 0.1) is 21.3 Å². The van der Waals surface area contributed by atoms with Crippen LogP contribution < -0.4 is 14.2 Å². The van der Waals surface area contributed by atoms with Crippen LogP contribution in [0.5, 0.6) is 17.2 Å². The molecular formula is C17H26N2O10S2. The third kappa shape index (κ3) is 7.74. The van der Waals surface area contributed by atoms with Gasteiger partial charge in [-0.15, -0.1) is 0 Å². The highest BCUT2D eigenvalue weighted by Gasteiger charge is 2.26. The lowest BCUT2D eigenvalue weighted by Crippen LogP contribution is -2.41. The van der Waals surface area contributed by atoms with Crippen LogP contribution >= 0.6 is 0 Å². The van der Waals surface area contributed by atoms with E-state index in [-0.39, 0.29) is 6.54 Å². The molecule has 1 aliphatic heterocycles. The lowest BCUT2D eigenvalue weighted by atomic mass is 10.1. The van der Waals surface area contributed by atoms with Crippen LogP contribution in [-0.2, 0) is 31.2 Å². The fraction of sp³-hybridized carbons (Fsp3) is 0.529. The first-order valence-electron chi connectivity index (χ1n) is 9.01. The lowest BCUT2D eigenvalue weighted by molar-refractivity contribution is 0.147. The van der Waals surface area contributed by atoms with Crippen LogP contribution in [0.15, 0.2) is 24.5 Å². The molecule has 176 valence electrons. The van der Waals surface area contributed by atoms with E-state index in [4.69, 9.17) is 23.3 Å². The van der Waals surface area contributed by atoms with Gasteiger partial charge in [-0.05, 0) is 12.1 Å². The quantitative estimate of drug-likeness (QED) is 0.419. The highest BCUT2D eigenvalue weighted by Crippen LogP contribution is 2.40. The summed E-state index contributed by atoms with van der Waals surface area (Å²) in [5.41, 5.74) is 0.845. The fourth-order valence-electron chi connectivity index (χ4n) is 3.16. The van der Waals surface area contributed by atoms with Crippen LogP contribution in [0.1, 0.15) is 5.56 Å². The second-order valence-corrected chi connectivity index (χ2v) is 9.20. The molecule has 12 nitrogen and oxygen atoms in total. The van der Waals surface area contributed by atoms with Crippen molar-refractivity contribution in [1.82, 2.24) is 9.80 Å². The Bertz CT molecular complexity index is 960. The molecule has 0 radical (unpaired) electrons. The van der Waals surface area contributed by atoms with Gasteiger partial charge < -0.3 is 24.0 Å². The molecule has 2 N–H and O–H groups in total. The number of rotatable bonds is 11. The molecule has 1 aromatic carbocycles. The number of methoxy groups -OCH3 is 3. The summed E-state index contributed by atoms with van der Waals surface area (Å²) in [6.45, 7) is 1.22. The van der Waals surface area contributed by atoms with Gasteiger partial charge in [-0.1, -0.05) is 0 Å². The SMILES string of the molecule is COc1ccc(CN2C=CN(CC(CS(=O)(=O)O)OS(=O)(=O)O)CC2)c(OC)c1OC. The molecule has 0 saturated carbocycles. The molecule has 0 spiro atoms. The molecule has 1 heterocycles. The Hall–Kier alpha value is -2.26. The second-order valence-electron chi connectivity index (χ2n) is 6.65. The summed E-state index contributed by atoms with van der Waals surface area (Å²) in [7, 11) is -4.84. The van der Waals surface area contributed by atoms with Gasteiger partial charge >= 0.3 is 10.4 Å². The first kappa shape index (κ1) is 25.0. The molecule has 31 heavy (non-hydrogen) atoms. The number of hydrogen-bond acceptors (Lipinski definition) is 10. The third-order valence-electron chi connectivity index (χ3n) is 4.41. The minimum absolute atomic E-state index is 0.177. The first-order valence-corrected chi connectivity index (χ1v) is 12.0. The first-order chi connectivity index (χ1) is 14.5.